The molecule has 1 aromatic rings. The Hall–Kier alpha value is -1.86. The molecule has 0 aliphatic carbocycles. The van der Waals surface area contributed by atoms with Crippen LogP contribution in [0.4, 0.5) is 4.79 Å². The second kappa shape index (κ2) is 8.22. The van der Waals surface area contributed by atoms with Crippen molar-refractivity contribution in [3.63, 3.8) is 0 Å². The first-order chi connectivity index (χ1) is 12.5. The van der Waals surface area contributed by atoms with Crippen molar-refractivity contribution in [3.8, 4) is 0 Å². The van der Waals surface area contributed by atoms with E-state index in [2.05, 4.69) is 17.1 Å². The van der Waals surface area contributed by atoms with Crippen molar-refractivity contribution in [2.45, 2.75) is 32.7 Å². The number of carbonyl (C=O) groups excluding carboxylic acids is 2. The van der Waals surface area contributed by atoms with Crippen LogP contribution in [0.1, 0.15) is 38.3 Å². The summed E-state index contributed by atoms with van der Waals surface area (Å²) < 4.78 is 5.34. The zero-order chi connectivity index (χ0) is 18.7. The van der Waals surface area contributed by atoms with Crippen molar-refractivity contribution in [3.05, 3.63) is 33.7 Å². The highest BCUT2D eigenvalue weighted by atomic mass is 32.1. The van der Waals surface area contributed by atoms with Crippen molar-refractivity contribution in [1.29, 1.82) is 0 Å². The zero-order valence-corrected chi connectivity index (χ0v) is 16.5. The van der Waals surface area contributed by atoms with Gasteiger partial charge in [0, 0.05) is 19.3 Å². The topological polar surface area (TPSA) is 61.9 Å². The Morgan fingerprint density at radius 1 is 1.38 bits per heavy atom. The van der Waals surface area contributed by atoms with Crippen LogP contribution in [0.2, 0.25) is 0 Å². The van der Waals surface area contributed by atoms with Gasteiger partial charge >= 0.3 is 12.0 Å². The van der Waals surface area contributed by atoms with Crippen LogP contribution in [0.3, 0.4) is 0 Å². The lowest BCUT2D eigenvalue weighted by Crippen LogP contribution is -2.49. The van der Waals surface area contributed by atoms with Gasteiger partial charge in [-0.05, 0) is 61.2 Å². The molecule has 1 N–H and O–H groups in total. The molecule has 0 aromatic carbocycles. The molecule has 142 valence electrons. The van der Waals surface area contributed by atoms with Gasteiger partial charge in [0.25, 0.3) is 0 Å². The molecule has 1 fully saturated rings. The van der Waals surface area contributed by atoms with Gasteiger partial charge in [0.1, 0.15) is 0 Å². The standard InChI is InChI=1S/C19H27N3O3S/c1-4-25-18(23)16-15(11-22-8-5-13(2)6-9-22)21(3)19(24)20-17(16)14-7-10-26-12-14/h7,10,12-13,17H,4-6,8-9,11H2,1-3H3,(H,20,24). The number of likely N-dealkylation sites (tertiary alicyclic amines) is 1. The second-order valence-corrected chi connectivity index (χ2v) is 7.82. The zero-order valence-electron chi connectivity index (χ0n) is 15.7. The smallest absolute Gasteiger partial charge is 0.338 e. The van der Waals surface area contributed by atoms with Gasteiger partial charge in [-0.25, -0.2) is 9.59 Å². The maximum atomic E-state index is 12.8. The monoisotopic (exact) mass is 377 g/mol. The van der Waals surface area contributed by atoms with Gasteiger partial charge in [-0.2, -0.15) is 11.3 Å². The SMILES string of the molecule is CCOC(=O)C1=C(CN2CCC(C)CC2)N(C)C(=O)NC1c1ccsc1. The number of thiophene rings is 1. The molecular formula is C19H27N3O3S. The van der Waals surface area contributed by atoms with E-state index in [1.165, 1.54) is 0 Å². The fourth-order valence-electron chi connectivity index (χ4n) is 3.52. The van der Waals surface area contributed by atoms with Crippen LogP contribution in [-0.4, -0.2) is 55.1 Å². The Morgan fingerprint density at radius 3 is 2.73 bits per heavy atom. The normalized spacial score (nSPS) is 22.5. The van der Waals surface area contributed by atoms with E-state index in [0.717, 1.165) is 43.1 Å². The number of urea groups is 1. The van der Waals surface area contributed by atoms with Crippen LogP contribution in [0.25, 0.3) is 0 Å². The predicted octanol–water partition coefficient (Wildman–Crippen LogP) is 2.99. The highest BCUT2D eigenvalue weighted by Crippen LogP contribution is 2.32. The number of nitrogens with zero attached hydrogens (tertiary/aromatic N) is 2. The Labute approximate surface area is 158 Å². The van der Waals surface area contributed by atoms with Crippen LogP contribution < -0.4 is 5.32 Å². The quantitative estimate of drug-likeness (QED) is 0.802. The molecule has 3 heterocycles. The molecule has 0 saturated carbocycles. The molecule has 26 heavy (non-hydrogen) atoms. The number of rotatable bonds is 5. The summed E-state index contributed by atoms with van der Waals surface area (Å²) in [4.78, 5) is 29.2. The molecular weight excluding hydrogens is 350 g/mol. The first kappa shape index (κ1) is 18.9. The Morgan fingerprint density at radius 2 is 2.12 bits per heavy atom. The number of nitrogens with one attached hydrogen (secondary N) is 1. The number of amides is 2. The molecule has 1 atom stereocenters. The molecule has 0 radical (unpaired) electrons. The van der Waals surface area contributed by atoms with E-state index in [-0.39, 0.29) is 12.0 Å². The first-order valence-electron chi connectivity index (χ1n) is 9.20. The fraction of sp³-hybridized carbons (Fsp3) is 0.579. The van der Waals surface area contributed by atoms with Crippen LogP contribution in [0, 0.1) is 5.92 Å². The van der Waals surface area contributed by atoms with Gasteiger partial charge in [-0.1, -0.05) is 6.92 Å². The number of carbonyl (C=O) groups is 2. The van der Waals surface area contributed by atoms with Crippen molar-refractivity contribution in [1.82, 2.24) is 15.1 Å². The van der Waals surface area contributed by atoms with Gasteiger partial charge in [0.05, 0.1) is 18.2 Å². The molecule has 2 aliphatic rings. The van der Waals surface area contributed by atoms with Crippen molar-refractivity contribution >= 4 is 23.3 Å². The Kier molecular flexibility index (Phi) is 5.98. The third-order valence-corrected chi connectivity index (χ3v) is 5.90. The summed E-state index contributed by atoms with van der Waals surface area (Å²) in [5.74, 6) is 0.381. The van der Waals surface area contributed by atoms with Gasteiger partial charge in [0.15, 0.2) is 0 Å². The molecule has 2 amide bonds. The molecule has 0 bridgehead atoms. The van der Waals surface area contributed by atoms with Gasteiger partial charge in [0.2, 0.25) is 0 Å². The van der Waals surface area contributed by atoms with Gasteiger partial charge in [-0.3, -0.25) is 9.80 Å². The molecule has 3 rings (SSSR count). The van der Waals surface area contributed by atoms with Crippen molar-refractivity contribution in [2.75, 3.05) is 33.3 Å². The maximum Gasteiger partial charge on any atom is 0.338 e. The van der Waals surface area contributed by atoms with Gasteiger partial charge in [-0.15, -0.1) is 0 Å². The lowest BCUT2D eigenvalue weighted by Gasteiger charge is -2.38. The average molecular weight is 378 g/mol. The number of likely N-dealkylation sites (N-methyl/N-ethyl adjacent to an activating group) is 1. The molecule has 7 heteroatoms. The van der Waals surface area contributed by atoms with Crippen molar-refractivity contribution in [2.24, 2.45) is 5.92 Å². The average Bonchev–Trinajstić information content (AvgIpc) is 3.15. The van der Waals surface area contributed by atoms with E-state index >= 15 is 0 Å². The molecule has 1 saturated heterocycles. The number of hydrogen-bond donors (Lipinski definition) is 1. The Balaban J connectivity index is 1.97. The van der Waals surface area contributed by atoms with Crippen LogP contribution in [-0.2, 0) is 9.53 Å². The molecule has 6 nitrogen and oxygen atoms in total. The van der Waals surface area contributed by atoms with E-state index in [9.17, 15) is 9.59 Å². The highest BCUT2D eigenvalue weighted by molar-refractivity contribution is 7.08. The first-order valence-corrected chi connectivity index (χ1v) is 10.1. The van der Waals surface area contributed by atoms with Gasteiger partial charge < -0.3 is 10.1 Å². The van der Waals surface area contributed by atoms with Crippen molar-refractivity contribution < 1.29 is 14.3 Å². The summed E-state index contributed by atoms with van der Waals surface area (Å²) in [6.45, 7) is 6.94. The minimum absolute atomic E-state index is 0.186. The molecule has 1 aromatic heterocycles. The fourth-order valence-corrected chi connectivity index (χ4v) is 4.21. The predicted molar refractivity (Wildman–Crippen MR) is 102 cm³/mol. The summed E-state index contributed by atoms with van der Waals surface area (Å²) >= 11 is 1.55. The van der Waals surface area contributed by atoms with Crippen LogP contribution in [0.15, 0.2) is 28.1 Å². The lowest BCUT2D eigenvalue weighted by molar-refractivity contribution is -0.139. The summed E-state index contributed by atoms with van der Waals surface area (Å²) in [7, 11) is 1.72. The third kappa shape index (κ3) is 3.94. The molecule has 2 aliphatic heterocycles. The number of piperidine rings is 1. The summed E-state index contributed by atoms with van der Waals surface area (Å²) in [6, 6.07) is 1.30. The maximum absolute atomic E-state index is 12.8. The summed E-state index contributed by atoms with van der Waals surface area (Å²) in [5, 5.41) is 6.87. The second-order valence-electron chi connectivity index (χ2n) is 7.04. The summed E-state index contributed by atoms with van der Waals surface area (Å²) in [5.41, 5.74) is 2.22. The van der Waals surface area contributed by atoms with E-state index in [0.29, 0.717) is 18.7 Å². The minimum atomic E-state index is -0.456. The molecule has 0 spiro atoms. The number of ether oxygens (including phenoxy) is 1. The lowest BCUT2D eigenvalue weighted by atomic mass is 9.95. The Bertz CT molecular complexity index is 678. The third-order valence-electron chi connectivity index (χ3n) is 5.20. The highest BCUT2D eigenvalue weighted by Gasteiger charge is 2.37. The molecule has 1 unspecified atom stereocenters. The minimum Gasteiger partial charge on any atom is -0.463 e. The van der Waals surface area contributed by atoms with Crippen LogP contribution in [0.5, 0.6) is 0 Å². The summed E-state index contributed by atoms with van der Waals surface area (Å²) in [6.07, 6.45) is 2.29. The number of esters is 1. The van der Waals surface area contributed by atoms with E-state index < -0.39 is 6.04 Å². The van der Waals surface area contributed by atoms with E-state index in [1.807, 2.05) is 16.8 Å². The van der Waals surface area contributed by atoms with E-state index in [4.69, 9.17) is 4.74 Å². The van der Waals surface area contributed by atoms with Crippen LogP contribution >= 0.6 is 11.3 Å². The van der Waals surface area contributed by atoms with E-state index in [1.54, 1.807) is 30.2 Å². The largest absolute Gasteiger partial charge is 0.463 e. The number of hydrogen-bond acceptors (Lipinski definition) is 5.